The normalized spacial score (nSPS) is 11.2. The molecule has 3 nitrogen and oxygen atoms in total. The maximum Gasteiger partial charge on any atom is 0.0828 e. The lowest BCUT2D eigenvalue weighted by atomic mass is 10.00. The summed E-state index contributed by atoms with van der Waals surface area (Å²) in [5.41, 5.74) is 8.88. The lowest BCUT2D eigenvalue weighted by molar-refractivity contribution is 0.516. The van der Waals surface area contributed by atoms with E-state index in [0.29, 0.717) is 6.04 Å². The first-order valence-electron chi connectivity index (χ1n) is 7.67. The third-order valence-electron chi connectivity index (χ3n) is 4.10. The van der Waals surface area contributed by atoms with Gasteiger partial charge in [0, 0.05) is 12.6 Å². The molecule has 0 fully saturated rings. The van der Waals surface area contributed by atoms with Gasteiger partial charge in [0.05, 0.1) is 17.1 Å². The van der Waals surface area contributed by atoms with Crippen molar-refractivity contribution < 1.29 is 0 Å². The summed E-state index contributed by atoms with van der Waals surface area (Å²) < 4.78 is 2.09. The summed E-state index contributed by atoms with van der Waals surface area (Å²) in [6.45, 7) is 15.9. The smallest absolute Gasteiger partial charge is 0.0828 e. The van der Waals surface area contributed by atoms with E-state index in [9.17, 15) is 0 Å². The van der Waals surface area contributed by atoms with Gasteiger partial charge < -0.3 is 5.32 Å². The van der Waals surface area contributed by atoms with Crippen LogP contribution in [0.1, 0.15) is 53.5 Å². The molecule has 1 aromatic heterocycles. The Morgan fingerprint density at radius 1 is 1.05 bits per heavy atom. The van der Waals surface area contributed by atoms with Crippen molar-refractivity contribution in [2.24, 2.45) is 0 Å². The van der Waals surface area contributed by atoms with Crippen molar-refractivity contribution in [2.75, 3.05) is 5.32 Å². The highest BCUT2D eigenvalue weighted by molar-refractivity contribution is 5.53. The fraction of sp³-hybridized carbons (Fsp3) is 0.500. The fourth-order valence-corrected chi connectivity index (χ4v) is 3.09. The predicted molar refractivity (Wildman–Crippen MR) is 90.1 cm³/mol. The minimum atomic E-state index is 0.391. The number of hydrogen-bond acceptors (Lipinski definition) is 2. The number of nitrogens with zero attached hydrogens (tertiary/aromatic N) is 2. The van der Waals surface area contributed by atoms with Gasteiger partial charge in [-0.2, -0.15) is 5.10 Å². The second kappa shape index (κ2) is 5.92. The van der Waals surface area contributed by atoms with Crippen LogP contribution in [0, 0.1) is 34.6 Å². The third kappa shape index (κ3) is 3.12. The molecular formula is C18H27N3. The van der Waals surface area contributed by atoms with Crippen LogP contribution in [0.2, 0.25) is 0 Å². The van der Waals surface area contributed by atoms with Crippen LogP contribution in [0.15, 0.2) is 12.1 Å². The van der Waals surface area contributed by atoms with E-state index in [1.807, 2.05) is 0 Å². The highest BCUT2D eigenvalue weighted by atomic mass is 15.3. The van der Waals surface area contributed by atoms with Gasteiger partial charge in [-0.05, 0) is 65.2 Å². The van der Waals surface area contributed by atoms with Gasteiger partial charge in [0.15, 0.2) is 0 Å². The molecule has 0 bridgehead atoms. The van der Waals surface area contributed by atoms with Gasteiger partial charge in [0.25, 0.3) is 0 Å². The Morgan fingerprint density at radius 2 is 1.62 bits per heavy atom. The van der Waals surface area contributed by atoms with Gasteiger partial charge in [-0.15, -0.1) is 0 Å². The van der Waals surface area contributed by atoms with Crippen molar-refractivity contribution in [2.45, 2.75) is 61.1 Å². The Kier molecular flexibility index (Phi) is 4.40. The number of aryl methyl sites for hydroxylation is 4. The van der Waals surface area contributed by atoms with Crippen molar-refractivity contribution in [1.29, 1.82) is 0 Å². The molecule has 2 aromatic rings. The van der Waals surface area contributed by atoms with Gasteiger partial charge in [-0.3, -0.25) is 4.68 Å². The largest absolute Gasteiger partial charge is 0.378 e. The standard InChI is InChI=1S/C18H27N3/c1-11(2)21-16(7)18(15(6)20-21)19-10-17-13(4)8-12(3)9-14(17)5/h8-9,11,19H,10H2,1-7H3. The minimum Gasteiger partial charge on any atom is -0.378 e. The van der Waals surface area contributed by atoms with E-state index in [1.165, 1.54) is 33.6 Å². The summed E-state index contributed by atoms with van der Waals surface area (Å²) in [7, 11) is 0. The Labute approximate surface area is 128 Å². The number of aromatic nitrogens is 2. The lowest BCUT2D eigenvalue weighted by Gasteiger charge is -2.14. The highest BCUT2D eigenvalue weighted by Gasteiger charge is 2.13. The molecule has 0 amide bonds. The molecule has 3 heteroatoms. The average molecular weight is 285 g/mol. The van der Waals surface area contributed by atoms with Crippen LogP contribution >= 0.6 is 0 Å². The van der Waals surface area contributed by atoms with Crippen molar-refractivity contribution in [1.82, 2.24) is 9.78 Å². The van der Waals surface area contributed by atoms with Gasteiger partial charge in [0.2, 0.25) is 0 Å². The highest BCUT2D eigenvalue weighted by Crippen LogP contribution is 2.24. The summed E-state index contributed by atoms with van der Waals surface area (Å²) in [6, 6.07) is 4.89. The maximum atomic E-state index is 4.64. The van der Waals surface area contributed by atoms with E-state index < -0.39 is 0 Å². The molecule has 2 rings (SSSR count). The summed E-state index contributed by atoms with van der Waals surface area (Å²) >= 11 is 0. The molecule has 0 aliphatic rings. The van der Waals surface area contributed by atoms with Crippen LogP contribution in [0.3, 0.4) is 0 Å². The average Bonchev–Trinajstić information content (AvgIpc) is 2.64. The Balaban J connectivity index is 2.25. The first-order chi connectivity index (χ1) is 9.81. The second-order valence-electron chi connectivity index (χ2n) is 6.31. The summed E-state index contributed by atoms with van der Waals surface area (Å²) in [4.78, 5) is 0. The van der Waals surface area contributed by atoms with E-state index in [-0.39, 0.29) is 0 Å². The van der Waals surface area contributed by atoms with Crippen molar-refractivity contribution in [3.63, 3.8) is 0 Å². The van der Waals surface area contributed by atoms with Crippen LogP contribution in [0.5, 0.6) is 0 Å². The van der Waals surface area contributed by atoms with E-state index in [2.05, 4.69) is 75.7 Å². The first kappa shape index (κ1) is 15.6. The minimum absolute atomic E-state index is 0.391. The Morgan fingerprint density at radius 3 is 2.10 bits per heavy atom. The summed E-state index contributed by atoms with van der Waals surface area (Å²) in [6.07, 6.45) is 0. The molecule has 0 spiro atoms. The molecule has 0 saturated heterocycles. The van der Waals surface area contributed by atoms with E-state index >= 15 is 0 Å². The van der Waals surface area contributed by atoms with Gasteiger partial charge in [-0.25, -0.2) is 0 Å². The van der Waals surface area contributed by atoms with Crippen molar-refractivity contribution in [3.8, 4) is 0 Å². The monoisotopic (exact) mass is 285 g/mol. The predicted octanol–water partition coefficient (Wildman–Crippen LogP) is 4.62. The molecule has 0 radical (unpaired) electrons. The SMILES string of the molecule is Cc1cc(C)c(CNc2c(C)nn(C(C)C)c2C)c(C)c1. The van der Waals surface area contributed by atoms with Crippen LogP contribution < -0.4 is 5.32 Å². The first-order valence-corrected chi connectivity index (χ1v) is 7.67. The molecule has 1 N–H and O–H groups in total. The van der Waals surface area contributed by atoms with Crippen molar-refractivity contribution >= 4 is 5.69 Å². The van der Waals surface area contributed by atoms with E-state index in [0.717, 1.165) is 12.2 Å². The molecule has 0 unspecified atom stereocenters. The lowest BCUT2D eigenvalue weighted by Crippen LogP contribution is -2.07. The molecule has 1 aromatic carbocycles. The third-order valence-corrected chi connectivity index (χ3v) is 4.10. The maximum absolute atomic E-state index is 4.64. The molecule has 0 aliphatic carbocycles. The van der Waals surface area contributed by atoms with E-state index in [4.69, 9.17) is 0 Å². The van der Waals surface area contributed by atoms with E-state index in [1.54, 1.807) is 0 Å². The topological polar surface area (TPSA) is 29.9 Å². The molecule has 0 aliphatic heterocycles. The Bertz CT molecular complexity index is 628. The zero-order chi connectivity index (χ0) is 15.7. The van der Waals surface area contributed by atoms with Crippen LogP contribution in [0.25, 0.3) is 0 Å². The molecule has 1 heterocycles. The van der Waals surface area contributed by atoms with Crippen LogP contribution in [0.4, 0.5) is 5.69 Å². The summed E-state index contributed by atoms with van der Waals surface area (Å²) in [5.74, 6) is 0. The molecule has 114 valence electrons. The van der Waals surface area contributed by atoms with Gasteiger partial charge in [0.1, 0.15) is 0 Å². The Hall–Kier alpha value is -1.77. The van der Waals surface area contributed by atoms with Crippen LogP contribution in [-0.2, 0) is 6.54 Å². The molecule has 21 heavy (non-hydrogen) atoms. The van der Waals surface area contributed by atoms with Gasteiger partial charge in [-0.1, -0.05) is 17.7 Å². The second-order valence-corrected chi connectivity index (χ2v) is 6.31. The molecule has 0 saturated carbocycles. The fourth-order valence-electron chi connectivity index (χ4n) is 3.09. The number of rotatable bonds is 4. The zero-order valence-electron chi connectivity index (χ0n) is 14.3. The van der Waals surface area contributed by atoms with Gasteiger partial charge >= 0.3 is 0 Å². The summed E-state index contributed by atoms with van der Waals surface area (Å²) in [5, 5.41) is 8.23. The van der Waals surface area contributed by atoms with Crippen LogP contribution in [-0.4, -0.2) is 9.78 Å². The molecule has 0 atom stereocenters. The zero-order valence-corrected chi connectivity index (χ0v) is 14.3. The number of hydrogen-bond donors (Lipinski definition) is 1. The quantitative estimate of drug-likeness (QED) is 0.888. The number of anilines is 1. The number of nitrogens with one attached hydrogen (secondary N) is 1. The number of benzene rings is 1. The van der Waals surface area contributed by atoms with Crippen molar-refractivity contribution in [3.05, 3.63) is 45.8 Å². The molecular weight excluding hydrogens is 258 g/mol.